The number of carboxylic acids is 1. The zero-order chi connectivity index (χ0) is 20.5. The lowest BCUT2D eigenvalue weighted by Crippen LogP contribution is -2.28. The molecule has 0 aromatic heterocycles. The van der Waals surface area contributed by atoms with Gasteiger partial charge in [-0.15, -0.1) is 0 Å². The summed E-state index contributed by atoms with van der Waals surface area (Å²) in [5.74, 6) is -0.605. The predicted molar refractivity (Wildman–Crippen MR) is 102 cm³/mol. The molecule has 1 aliphatic carbocycles. The van der Waals surface area contributed by atoms with Crippen LogP contribution in [0.1, 0.15) is 49.9 Å². The second-order valence-corrected chi connectivity index (χ2v) is 6.66. The summed E-state index contributed by atoms with van der Waals surface area (Å²) in [6.45, 7) is 6.94. The Morgan fingerprint density at radius 3 is 2.25 bits per heavy atom. The molecule has 0 atom stereocenters. The minimum Gasteiger partial charge on any atom is -0.478 e. The normalized spacial score (nSPS) is 18.9. The van der Waals surface area contributed by atoms with Gasteiger partial charge < -0.3 is 29.4 Å². The lowest BCUT2D eigenvalue weighted by molar-refractivity contribution is -0.114. The van der Waals surface area contributed by atoms with Crippen molar-refractivity contribution < 1.29 is 33.6 Å². The van der Waals surface area contributed by atoms with Gasteiger partial charge in [-0.3, -0.25) is 4.79 Å². The summed E-state index contributed by atoms with van der Waals surface area (Å²) in [5.41, 5.74) is 0.358. The summed E-state index contributed by atoms with van der Waals surface area (Å²) in [4.78, 5) is 22.5. The van der Waals surface area contributed by atoms with E-state index in [4.69, 9.17) is 18.9 Å². The van der Waals surface area contributed by atoms with Crippen LogP contribution < -0.4 is 10.1 Å². The van der Waals surface area contributed by atoms with E-state index in [2.05, 4.69) is 11.9 Å². The van der Waals surface area contributed by atoms with Gasteiger partial charge in [0.1, 0.15) is 11.3 Å². The molecule has 0 aliphatic heterocycles. The first-order valence-corrected chi connectivity index (χ1v) is 9.14. The van der Waals surface area contributed by atoms with E-state index in [-0.39, 0.29) is 43.0 Å². The van der Waals surface area contributed by atoms with Crippen molar-refractivity contribution in [2.45, 2.75) is 51.7 Å². The van der Waals surface area contributed by atoms with Crippen LogP contribution in [-0.2, 0) is 19.0 Å². The fourth-order valence-corrected chi connectivity index (χ4v) is 2.89. The molecule has 1 amide bonds. The van der Waals surface area contributed by atoms with Crippen LogP contribution in [0.2, 0.25) is 0 Å². The number of aromatic carboxylic acids is 1. The predicted octanol–water partition coefficient (Wildman–Crippen LogP) is 3.53. The van der Waals surface area contributed by atoms with Crippen LogP contribution in [0.15, 0.2) is 30.5 Å². The molecule has 1 aliphatic rings. The van der Waals surface area contributed by atoms with E-state index in [9.17, 15) is 14.7 Å². The smallest absolute Gasteiger partial charge is 0.339 e. The Bertz CT molecular complexity index is 696. The van der Waals surface area contributed by atoms with Crippen LogP contribution in [-0.4, -0.2) is 42.8 Å². The van der Waals surface area contributed by atoms with Gasteiger partial charge in [-0.2, -0.15) is 0 Å². The number of hydrogen-bond donors (Lipinski definition) is 2. The van der Waals surface area contributed by atoms with Gasteiger partial charge >= 0.3 is 5.97 Å². The second-order valence-electron chi connectivity index (χ2n) is 6.66. The summed E-state index contributed by atoms with van der Waals surface area (Å²) in [6.07, 6.45) is 3.54. The molecule has 2 N–H and O–H groups in total. The highest BCUT2D eigenvalue weighted by Gasteiger charge is 2.22. The average Bonchev–Trinajstić information content (AvgIpc) is 2.63. The van der Waals surface area contributed by atoms with Gasteiger partial charge in [0.25, 0.3) is 0 Å². The molecule has 0 radical (unpaired) electrons. The number of hydrogen-bond acceptors (Lipinski definition) is 6. The first kappa shape index (κ1) is 21.7. The number of carbonyl (C=O) groups is 2. The Morgan fingerprint density at radius 1 is 1.11 bits per heavy atom. The molecule has 0 heterocycles. The van der Waals surface area contributed by atoms with E-state index in [1.54, 1.807) is 13.0 Å². The molecule has 8 heteroatoms. The van der Waals surface area contributed by atoms with E-state index in [0.717, 1.165) is 25.7 Å². The number of benzene rings is 1. The third-order valence-electron chi connectivity index (χ3n) is 4.28. The summed E-state index contributed by atoms with van der Waals surface area (Å²) in [6, 6.07) is 4.44. The van der Waals surface area contributed by atoms with Crippen molar-refractivity contribution in [3.8, 4) is 5.75 Å². The Labute approximate surface area is 164 Å². The van der Waals surface area contributed by atoms with Crippen LogP contribution in [0.25, 0.3) is 0 Å². The molecule has 154 valence electrons. The van der Waals surface area contributed by atoms with E-state index in [1.807, 2.05) is 0 Å². The molecule has 1 aromatic rings. The van der Waals surface area contributed by atoms with Crippen molar-refractivity contribution in [2.24, 2.45) is 0 Å². The summed E-state index contributed by atoms with van der Waals surface area (Å²) in [5, 5.41) is 11.9. The van der Waals surface area contributed by atoms with Crippen LogP contribution in [0, 0.1) is 0 Å². The van der Waals surface area contributed by atoms with Gasteiger partial charge in [0, 0.05) is 12.6 Å². The molecule has 0 bridgehead atoms. The number of nitrogens with one attached hydrogen (secondary N) is 1. The minimum atomic E-state index is -1.14. The molecule has 1 saturated carbocycles. The summed E-state index contributed by atoms with van der Waals surface area (Å²) in [7, 11) is 0. The molecule has 28 heavy (non-hydrogen) atoms. The Hall–Kier alpha value is -2.58. The molecule has 2 rings (SSSR count). The highest BCUT2D eigenvalue weighted by Crippen LogP contribution is 2.26. The number of ether oxygens (including phenoxy) is 4. The largest absolute Gasteiger partial charge is 0.478 e. The maximum atomic E-state index is 11.4. The number of anilines is 1. The number of carbonyl (C=O) groups excluding carboxylic acids is 1. The fraction of sp³-hybridized carbons (Fsp3) is 0.500. The quantitative estimate of drug-likeness (QED) is 0.463. The van der Waals surface area contributed by atoms with E-state index >= 15 is 0 Å². The summed E-state index contributed by atoms with van der Waals surface area (Å²) >= 11 is 0. The highest BCUT2D eigenvalue weighted by atomic mass is 16.7. The maximum Gasteiger partial charge on any atom is 0.339 e. The van der Waals surface area contributed by atoms with Crippen LogP contribution in [0.5, 0.6) is 5.75 Å². The first-order valence-electron chi connectivity index (χ1n) is 9.14. The topological polar surface area (TPSA) is 103 Å². The van der Waals surface area contributed by atoms with Gasteiger partial charge in [0.15, 0.2) is 13.6 Å². The minimum absolute atomic E-state index is 0.0360. The van der Waals surface area contributed by atoms with Crippen molar-refractivity contribution in [1.29, 1.82) is 0 Å². The van der Waals surface area contributed by atoms with E-state index in [0.29, 0.717) is 11.4 Å². The molecule has 1 aromatic carbocycles. The molecule has 0 saturated heterocycles. The molecular weight excluding hydrogens is 366 g/mol. The van der Waals surface area contributed by atoms with Gasteiger partial charge in [0.05, 0.1) is 18.0 Å². The molecule has 0 unspecified atom stereocenters. The summed E-state index contributed by atoms with van der Waals surface area (Å²) < 4.78 is 22.1. The van der Waals surface area contributed by atoms with Crippen molar-refractivity contribution in [2.75, 3.05) is 18.9 Å². The molecule has 8 nitrogen and oxygen atoms in total. The van der Waals surface area contributed by atoms with Crippen LogP contribution in [0.4, 0.5) is 5.69 Å². The Morgan fingerprint density at radius 2 is 1.71 bits per heavy atom. The molecular formula is C20H27NO7. The lowest BCUT2D eigenvalue weighted by Gasteiger charge is -2.28. The van der Waals surface area contributed by atoms with Gasteiger partial charge in [-0.05, 0) is 50.8 Å². The zero-order valence-corrected chi connectivity index (χ0v) is 16.2. The standard InChI is InChI=1S/C20H27NO7/c1-13(2)25-11-26-16-5-7-17(8-6-16)27-12-28-19-9-4-15(21-14(3)22)10-18(19)20(23)24/h4,9-10,16-17H,1,5-8,11-12H2,2-3H3,(H,21,22)(H,23,24). The molecule has 0 spiro atoms. The fourth-order valence-electron chi connectivity index (χ4n) is 2.89. The average molecular weight is 393 g/mol. The molecule has 1 fully saturated rings. The van der Waals surface area contributed by atoms with Crippen molar-refractivity contribution in [3.05, 3.63) is 36.1 Å². The van der Waals surface area contributed by atoms with Gasteiger partial charge in [-0.1, -0.05) is 6.58 Å². The zero-order valence-electron chi connectivity index (χ0n) is 16.2. The van der Waals surface area contributed by atoms with Crippen LogP contribution in [0.3, 0.4) is 0 Å². The third-order valence-corrected chi connectivity index (χ3v) is 4.28. The number of rotatable bonds is 10. The van der Waals surface area contributed by atoms with Crippen molar-refractivity contribution in [1.82, 2.24) is 0 Å². The van der Waals surface area contributed by atoms with Crippen molar-refractivity contribution >= 4 is 17.6 Å². The van der Waals surface area contributed by atoms with E-state index < -0.39 is 5.97 Å². The Kier molecular flexibility index (Phi) is 8.28. The van der Waals surface area contributed by atoms with Crippen LogP contribution >= 0.6 is 0 Å². The Balaban J connectivity index is 1.77. The number of allylic oxidation sites excluding steroid dienone is 1. The maximum absolute atomic E-state index is 11.4. The van der Waals surface area contributed by atoms with Gasteiger partial charge in [-0.25, -0.2) is 4.79 Å². The first-order chi connectivity index (χ1) is 13.3. The van der Waals surface area contributed by atoms with Gasteiger partial charge in [0.2, 0.25) is 5.91 Å². The SMILES string of the molecule is C=C(C)OCOC1CCC(OCOc2ccc(NC(C)=O)cc2C(=O)O)CC1. The monoisotopic (exact) mass is 393 g/mol. The third kappa shape index (κ3) is 7.21. The number of amides is 1. The lowest BCUT2D eigenvalue weighted by atomic mass is 9.95. The number of carboxylic acid groups (broad SMARTS) is 1. The van der Waals surface area contributed by atoms with Crippen molar-refractivity contribution in [3.63, 3.8) is 0 Å². The second kappa shape index (κ2) is 10.7. The highest BCUT2D eigenvalue weighted by molar-refractivity contribution is 5.95. The van der Waals surface area contributed by atoms with E-state index in [1.165, 1.54) is 19.1 Å².